The fraction of sp³-hybridized carbons (Fsp3) is 0.261. The van der Waals surface area contributed by atoms with E-state index in [9.17, 15) is 14.9 Å². The molecule has 1 N–H and O–H groups in total. The molecule has 0 radical (unpaired) electrons. The molecule has 0 bridgehead atoms. The maximum absolute atomic E-state index is 12.5. The average molecular weight is 500 g/mol. The summed E-state index contributed by atoms with van der Waals surface area (Å²) in [6.07, 6.45) is 1.48. The normalized spacial score (nSPS) is 13.8. The Morgan fingerprint density at radius 3 is 2.56 bits per heavy atom. The van der Waals surface area contributed by atoms with Gasteiger partial charge in [0.15, 0.2) is 6.61 Å². The first-order valence-corrected chi connectivity index (χ1v) is 10.6. The van der Waals surface area contributed by atoms with E-state index < -0.39 is 5.91 Å². The van der Waals surface area contributed by atoms with E-state index in [1.54, 1.807) is 54.5 Å². The van der Waals surface area contributed by atoms with Crippen molar-refractivity contribution in [3.63, 3.8) is 0 Å². The number of hydrogen-bond acceptors (Lipinski definition) is 6. The van der Waals surface area contributed by atoms with Gasteiger partial charge in [0.25, 0.3) is 11.8 Å². The van der Waals surface area contributed by atoms with Gasteiger partial charge in [-0.3, -0.25) is 9.59 Å². The number of rotatable bonds is 7. The number of benzene rings is 2. The minimum Gasteiger partial charge on any atom is -0.497 e. The highest BCUT2D eigenvalue weighted by molar-refractivity contribution is 9.10. The molecule has 3 rings (SSSR count). The monoisotopic (exact) mass is 499 g/mol. The minimum atomic E-state index is -0.523. The Hall–Kier alpha value is -3.35. The zero-order chi connectivity index (χ0) is 22.9. The summed E-state index contributed by atoms with van der Waals surface area (Å²) in [5, 5.41) is 12.1. The predicted octanol–water partition coefficient (Wildman–Crippen LogP) is 3.24. The Bertz CT molecular complexity index is 1040. The van der Waals surface area contributed by atoms with Crippen molar-refractivity contribution in [1.82, 2.24) is 4.90 Å². The van der Waals surface area contributed by atoms with Gasteiger partial charge in [-0.1, -0.05) is 6.07 Å². The molecule has 2 aromatic rings. The minimum absolute atomic E-state index is 0.0520. The summed E-state index contributed by atoms with van der Waals surface area (Å²) in [5.74, 6) is 0.527. The highest BCUT2D eigenvalue weighted by Crippen LogP contribution is 2.27. The first kappa shape index (κ1) is 23.3. The third-order valence-corrected chi connectivity index (χ3v) is 5.31. The largest absolute Gasteiger partial charge is 0.497 e. The first-order valence-electron chi connectivity index (χ1n) is 9.85. The molecule has 0 saturated carbocycles. The van der Waals surface area contributed by atoms with Gasteiger partial charge in [0.1, 0.15) is 23.1 Å². The summed E-state index contributed by atoms with van der Waals surface area (Å²) >= 11 is 3.42. The van der Waals surface area contributed by atoms with Crippen LogP contribution in [0, 0.1) is 11.3 Å². The van der Waals surface area contributed by atoms with E-state index in [0.717, 1.165) is 0 Å². The van der Waals surface area contributed by atoms with Crippen LogP contribution in [0.3, 0.4) is 0 Å². The number of halogens is 1. The summed E-state index contributed by atoms with van der Waals surface area (Å²) in [6.45, 7) is 2.10. The lowest BCUT2D eigenvalue weighted by Gasteiger charge is -2.26. The van der Waals surface area contributed by atoms with Crippen molar-refractivity contribution < 1.29 is 23.8 Å². The van der Waals surface area contributed by atoms with Gasteiger partial charge in [0.05, 0.1) is 24.8 Å². The highest BCUT2D eigenvalue weighted by Gasteiger charge is 2.17. The molecule has 1 heterocycles. The van der Waals surface area contributed by atoms with E-state index in [-0.39, 0.29) is 18.1 Å². The summed E-state index contributed by atoms with van der Waals surface area (Å²) < 4.78 is 16.6. The topological polar surface area (TPSA) is 101 Å². The van der Waals surface area contributed by atoms with Gasteiger partial charge in [-0.2, -0.15) is 5.26 Å². The van der Waals surface area contributed by atoms with Crippen LogP contribution in [0.25, 0.3) is 6.08 Å². The molecule has 166 valence electrons. The Labute approximate surface area is 194 Å². The van der Waals surface area contributed by atoms with Crippen molar-refractivity contribution in [3.8, 4) is 17.6 Å². The molecule has 0 spiro atoms. The number of hydrogen-bond donors (Lipinski definition) is 1. The quantitative estimate of drug-likeness (QED) is 0.463. The van der Waals surface area contributed by atoms with Gasteiger partial charge in [-0.05, 0) is 64.0 Å². The number of carbonyl (C=O) groups is 2. The number of methoxy groups -OCH3 is 1. The van der Waals surface area contributed by atoms with E-state index in [4.69, 9.17) is 14.2 Å². The number of morpholine rings is 1. The molecular weight excluding hydrogens is 478 g/mol. The first-order chi connectivity index (χ1) is 15.5. The lowest BCUT2D eigenvalue weighted by atomic mass is 10.1. The lowest BCUT2D eigenvalue weighted by molar-refractivity contribution is -0.137. The summed E-state index contributed by atoms with van der Waals surface area (Å²) in [5.41, 5.74) is 1.13. The second kappa shape index (κ2) is 11.3. The van der Waals surface area contributed by atoms with Crippen molar-refractivity contribution >= 4 is 39.5 Å². The Morgan fingerprint density at radius 2 is 1.94 bits per heavy atom. The zero-order valence-electron chi connectivity index (χ0n) is 17.5. The zero-order valence-corrected chi connectivity index (χ0v) is 19.1. The maximum atomic E-state index is 12.5. The number of carbonyl (C=O) groups excluding carboxylic acids is 2. The molecule has 1 fully saturated rings. The second-order valence-electron chi connectivity index (χ2n) is 6.82. The van der Waals surface area contributed by atoms with Crippen LogP contribution in [0.2, 0.25) is 0 Å². The van der Waals surface area contributed by atoms with Gasteiger partial charge in [0.2, 0.25) is 0 Å². The lowest BCUT2D eigenvalue weighted by Crippen LogP contribution is -2.43. The van der Waals surface area contributed by atoms with Crippen LogP contribution in [0.4, 0.5) is 5.69 Å². The number of anilines is 1. The van der Waals surface area contributed by atoms with Crippen molar-refractivity contribution in [3.05, 3.63) is 58.1 Å². The van der Waals surface area contributed by atoms with E-state index >= 15 is 0 Å². The molecular formula is C23H22BrN3O5. The molecule has 32 heavy (non-hydrogen) atoms. The van der Waals surface area contributed by atoms with E-state index in [2.05, 4.69) is 21.2 Å². The van der Waals surface area contributed by atoms with Crippen LogP contribution < -0.4 is 14.8 Å². The van der Waals surface area contributed by atoms with Crippen LogP contribution in [0.5, 0.6) is 11.5 Å². The molecule has 0 atom stereocenters. The SMILES string of the molecule is COc1ccc(NC(=O)C(C#N)=Cc2ccc(OCC(=O)N3CCOCC3)c(Br)c2)cc1. The van der Waals surface area contributed by atoms with Crippen LogP contribution in [-0.2, 0) is 14.3 Å². The molecule has 2 amide bonds. The summed E-state index contributed by atoms with van der Waals surface area (Å²) in [4.78, 5) is 26.4. The van der Waals surface area contributed by atoms with Gasteiger partial charge in [0, 0.05) is 18.8 Å². The van der Waals surface area contributed by atoms with E-state index in [1.165, 1.54) is 6.08 Å². The second-order valence-corrected chi connectivity index (χ2v) is 7.68. The third-order valence-electron chi connectivity index (χ3n) is 4.69. The standard InChI is InChI=1S/C23H22BrN3O5/c1-30-19-5-3-18(4-6-19)26-23(29)17(14-25)12-16-2-7-21(20(24)13-16)32-15-22(28)27-8-10-31-11-9-27/h2-7,12-13H,8-11,15H2,1H3,(H,26,29). The van der Waals surface area contributed by atoms with E-state index in [1.807, 2.05) is 6.07 Å². The molecule has 1 aliphatic rings. The molecule has 1 aliphatic heterocycles. The number of ether oxygens (including phenoxy) is 3. The van der Waals surface area contributed by atoms with Gasteiger partial charge >= 0.3 is 0 Å². The number of nitrogens with one attached hydrogen (secondary N) is 1. The van der Waals surface area contributed by atoms with Gasteiger partial charge in [-0.15, -0.1) is 0 Å². The Morgan fingerprint density at radius 1 is 1.22 bits per heavy atom. The van der Waals surface area contributed by atoms with Crippen LogP contribution in [-0.4, -0.2) is 56.7 Å². The molecule has 0 unspecified atom stereocenters. The fourth-order valence-corrected chi connectivity index (χ4v) is 3.47. The molecule has 1 saturated heterocycles. The number of nitriles is 1. The fourth-order valence-electron chi connectivity index (χ4n) is 2.96. The molecule has 0 aliphatic carbocycles. The molecule has 8 nitrogen and oxygen atoms in total. The molecule has 0 aromatic heterocycles. The van der Waals surface area contributed by atoms with Crippen molar-refractivity contribution in [2.45, 2.75) is 0 Å². The molecule has 9 heteroatoms. The summed E-state index contributed by atoms with van der Waals surface area (Å²) in [7, 11) is 1.56. The predicted molar refractivity (Wildman–Crippen MR) is 122 cm³/mol. The number of nitrogens with zero attached hydrogens (tertiary/aromatic N) is 2. The Balaban J connectivity index is 1.63. The van der Waals surface area contributed by atoms with Crippen LogP contribution >= 0.6 is 15.9 Å². The van der Waals surface area contributed by atoms with Crippen molar-refractivity contribution in [1.29, 1.82) is 5.26 Å². The summed E-state index contributed by atoms with van der Waals surface area (Å²) in [6, 6.07) is 13.8. The Kier molecular flexibility index (Phi) is 8.25. The van der Waals surface area contributed by atoms with Crippen molar-refractivity contribution in [2.75, 3.05) is 45.3 Å². The van der Waals surface area contributed by atoms with Crippen LogP contribution in [0.15, 0.2) is 52.5 Å². The van der Waals surface area contributed by atoms with Crippen molar-refractivity contribution in [2.24, 2.45) is 0 Å². The third kappa shape index (κ3) is 6.33. The average Bonchev–Trinajstić information content (AvgIpc) is 2.82. The maximum Gasteiger partial charge on any atom is 0.266 e. The smallest absolute Gasteiger partial charge is 0.266 e. The van der Waals surface area contributed by atoms with Gasteiger partial charge < -0.3 is 24.4 Å². The van der Waals surface area contributed by atoms with E-state index in [0.29, 0.717) is 53.5 Å². The van der Waals surface area contributed by atoms with Gasteiger partial charge in [-0.25, -0.2) is 0 Å². The molecule has 2 aromatic carbocycles. The van der Waals surface area contributed by atoms with Crippen LogP contribution in [0.1, 0.15) is 5.56 Å². The number of amides is 2. The highest BCUT2D eigenvalue weighted by atomic mass is 79.9.